The normalized spacial score (nSPS) is 14.4. The Morgan fingerprint density at radius 2 is 1.93 bits per heavy atom. The van der Waals surface area contributed by atoms with Crippen molar-refractivity contribution >= 4 is 35.5 Å². The molecule has 29 heavy (non-hydrogen) atoms. The molecule has 1 heterocycles. The van der Waals surface area contributed by atoms with Crippen LogP contribution in [0.1, 0.15) is 25.0 Å². The second-order valence-electron chi connectivity index (χ2n) is 5.91. The van der Waals surface area contributed by atoms with E-state index in [2.05, 4.69) is 4.99 Å². The minimum absolute atomic E-state index is 0.0992. The zero-order valence-electron chi connectivity index (χ0n) is 16.0. The van der Waals surface area contributed by atoms with Crippen LogP contribution in [0.2, 0.25) is 5.02 Å². The first kappa shape index (κ1) is 20.4. The first-order chi connectivity index (χ1) is 13.9. The smallest absolute Gasteiger partial charge is 0.363 e. The second-order valence-corrected chi connectivity index (χ2v) is 6.35. The average molecular weight is 416 g/mol. The van der Waals surface area contributed by atoms with Crippen LogP contribution in [-0.4, -0.2) is 31.6 Å². The Morgan fingerprint density at radius 3 is 2.62 bits per heavy atom. The highest BCUT2D eigenvalue weighted by molar-refractivity contribution is 6.31. The van der Waals surface area contributed by atoms with E-state index in [1.54, 1.807) is 42.5 Å². The molecule has 0 aromatic heterocycles. The van der Waals surface area contributed by atoms with Gasteiger partial charge in [-0.15, -0.1) is 0 Å². The van der Waals surface area contributed by atoms with Gasteiger partial charge in [0.15, 0.2) is 17.2 Å². The number of hydrogen-bond acceptors (Lipinski definition) is 7. The molecule has 0 radical (unpaired) electrons. The Hall–Kier alpha value is -3.32. The molecule has 0 fully saturated rings. The van der Waals surface area contributed by atoms with Crippen LogP contribution >= 0.6 is 11.6 Å². The van der Waals surface area contributed by atoms with Gasteiger partial charge in [-0.3, -0.25) is 4.79 Å². The number of ether oxygens (including phenoxy) is 4. The van der Waals surface area contributed by atoms with Crippen molar-refractivity contribution in [3.05, 3.63) is 58.2 Å². The highest BCUT2D eigenvalue weighted by Gasteiger charge is 2.26. The Kier molecular flexibility index (Phi) is 6.19. The molecule has 0 saturated carbocycles. The lowest BCUT2D eigenvalue weighted by molar-refractivity contribution is -0.132. The summed E-state index contributed by atoms with van der Waals surface area (Å²) in [7, 11) is 1.50. The van der Waals surface area contributed by atoms with Gasteiger partial charge in [0.25, 0.3) is 0 Å². The second kappa shape index (κ2) is 8.79. The first-order valence-corrected chi connectivity index (χ1v) is 9.10. The van der Waals surface area contributed by atoms with Crippen LogP contribution in [0.25, 0.3) is 6.08 Å². The molecule has 0 unspecified atom stereocenters. The molecule has 2 aromatic rings. The van der Waals surface area contributed by atoms with Gasteiger partial charge in [0.1, 0.15) is 5.75 Å². The van der Waals surface area contributed by atoms with E-state index in [4.69, 9.17) is 30.5 Å². The molecule has 0 bridgehead atoms. The summed E-state index contributed by atoms with van der Waals surface area (Å²) >= 11 is 6.04. The Labute approximate surface area is 172 Å². The highest BCUT2D eigenvalue weighted by atomic mass is 35.5. The van der Waals surface area contributed by atoms with Crippen molar-refractivity contribution < 1.29 is 28.5 Å². The molecule has 0 saturated heterocycles. The van der Waals surface area contributed by atoms with Crippen LogP contribution in [0, 0.1) is 0 Å². The standard InChI is InChI=1S/C21H18ClNO6/c1-4-27-19-10-13(5-7-18(19)28-12(2)24)9-16-21(25)29-20(23-16)15-11-14(22)6-8-17(15)26-3/h5-11H,4H2,1-3H3/b16-9-. The van der Waals surface area contributed by atoms with Gasteiger partial charge in [-0.2, -0.15) is 0 Å². The van der Waals surface area contributed by atoms with Gasteiger partial charge < -0.3 is 18.9 Å². The molecule has 0 amide bonds. The van der Waals surface area contributed by atoms with E-state index in [1.807, 2.05) is 6.92 Å². The van der Waals surface area contributed by atoms with Gasteiger partial charge in [-0.1, -0.05) is 17.7 Å². The number of rotatable bonds is 6. The van der Waals surface area contributed by atoms with E-state index >= 15 is 0 Å². The highest BCUT2D eigenvalue weighted by Crippen LogP contribution is 2.31. The summed E-state index contributed by atoms with van der Waals surface area (Å²) in [5.41, 5.74) is 1.20. The van der Waals surface area contributed by atoms with Crippen LogP contribution in [0.4, 0.5) is 0 Å². The third-order valence-electron chi connectivity index (χ3n) is 3.84. The maximum Gasteiger partial charge on any atom is 0.363 e. The minimum Gasteiger partial charge on any atom is -0.496 e. The minimum atomic E-state index is -0.607. The van der Waals surface area contributed by atoms with Crippen molar-refractivity contribution in [3.63, 3.8) is 0 Å². The molecular formula is C21H18ClNO6. The number of methoxy groups -OCH3 is 1. The predicted molar refractivity (Wildman–Crippen MR) is 108 cm³/mol. The molecule has 0 aliphatic carbocycles. The summed E-state index contributed by atoms with van der Waals surface area (Å²) in [6.45, 7) is 3.50. The van der Waals surface area contributed by atoms with Crippen LogP contribution in [0.3, 0.4) is 0 Å². The van der Waals surface area contributed by atoms with E-state index in [9.17, 15) is 9.59 Å². The van der Waals surface area contributed by atoms with E-state index < -0.39 is 11.9 Å². The van der Waals surface area contributed by atoms with Crippen LogP contribution in [-0.2, 0) is 14.3 Å². The van der Waals surface area contributed by atoms with Crippen LogP contribution in [0.5, 0.6) is 17.2 Å². The molecule has 1 aliphatic rings. The third kappa shape index (κ3) is 4.75. The fourth-order valence-electron chi connectivity index (χ4n) is 2.65. The van der Waals surface area contributed by atoms with E-state index in [0.29, 0.717) is 40.0 Å². The van der Waals surface area contributed by atoms with Crippen molar-refractivity contribution in [2.75, 3.05) is 13.7 Å². The molecule has 0 spiro atoms. The number of esters is 2. The van der Waals surface area contributed by atoms with Crippen molar-refractivity contribution in [1.82, 2.24) is 0 Å². The molecule has 150 valence electrons. The molecule has 0 atom stereocenters. The van der Waals surface area contributed by atoms with E-state index in [-0.39, 0.29) is 11.6 Å². The average Bonchev–Trinajstić information content (AvgIpc) is 3.04. The SMILES string of the molecule is CCOc1cc(/C=C2\N=C(c3cc(Cl)ccc3OC)OC2=O)ccc1OC(C)=O. The fraction of sp³-hybridized carbons (Fsp3) is 0.190. The van der Waals surface area contributed by atoms with Crippen molar-refractivity contribution in [2.45, 2.75) is 13.8 Å². The Bertz CT molecular complexity index is 1030. The Morgan fingerprint density at radius 1 is 1.17 bits per heavy atom. The maximum absolute atomic E-state index is 12.3. The zero-order chi connectivity index (χ0) is 21.0. The van der Waals surface area contributed by atoms with Crippen molar-refractivity contribution in [2.24, 2.45) is 4.99 Å². The van der Waals surface area contributed by atoms with Gasteiger partial charge in [-0.05, 0) is 48.9 Å². The summed E-state index contributed by atoms with van der Waals surface area (Å²) in [6.07, 6.45) is 1.55. The van der Waals surface area contributed by atoms with Crippen LogP contribution < -0.4 is 14.2 Å². The number of halogens is 1. The number of hydrogen-bond donors (Lipinski definition) is 0. The summed E-state index contributed by atoms with van der Waals surface area (Å²) in [5.74, 6) is 0.186. The molecule has 7 nitrogen and oxygen atoms in total. The molecule has 8 heteroatoms. The first-order valence-electron chi connectivity index (χ1n) is 8.73. The Balaban J connectivity index is 1.96. The van der Waals surface area contributed by atoms with Gasteiger partial charge >= 0.3 is 11.9 Å². The molecule has 2 aromatic carbocycles. The van der Waals surface area contributed by atoms with Gasteiger partial charge in [0, 0.05) is 11.9 Å². The van der Waals surface area contributed by atoms with Gasteiger partial charge in [0.05, 0.1) is 19.3 Å². The monoisotopic (exact) mass is 415 g/mol. The molecule has 1 aliphatic heterocycles. The molecule has 3 rings (SSSR count). The summed E-state index contributed by atoms with van der Waals surface area (Å²) in [6, 6.07) is 9.85. The molecule has 0 N–H and O–H groups in total. The van der Waals surface area contributed by atoms with E-state index in [1.165, 1.54) is 14.0 Å². The third-order valence-corrected chi connectivity index (χ3v) is 4.07. The number of carbonyl (C=O) groups is 2. The summed E-state index contributed by atoms with van der Waals surface area (Å²) in [4.78, 5) is 27.8. The van der Waals surface area contributed by atoms with Gasteiger partial charge in [0.2, 0.25) is 5.90 Å². The lowest BCUT2D eigenvalue weighted by Gasteiger charge is -2.10. The summed E-state index contributed by atoms with van der Waals surface area (Å²) < 4.78 is 21.2. The largest absolute Gasteiger partial charge is 0.496 e. The quantitative estimate of drug-likeness (QED) is 0.402. The van der Waals surface area contributed by atoms with Crippen LogP contribution in [0.15, 0.2) is 47.1 Å². The number of nitrogens with zero attached hydrogens (tertiary/aromatic N) is 1. The summed E-state index contributed by atoms with van der Waals surface area (Å²) in [5, 5.41) is 0.458. The predicted octanol–water partition coefficient (Wildman–Crippen LogP) is 4.02. The number of benzene rings is 2. The molecular weight excluding hydrogens is 398 g/mol. The lowest BCUT2D eigenvalue weighted by atomic mass is 10.1. The topological polar surface area (TPSA) is 83.4 Å². The van der Waals surface area contributed by atoms with Crippen molar-refractivity contribution in [3.8, 4) is 17.2 Å². The fourth-order valence-corrected chi connectivity index (χ4v) is 2.82. The zero-order valence-corrected chi connectivity index (χ0v) is 16.8. The number of carbonyl (C=O) groups excluding carboxylic acids is 2. The number of aliphatic imine (C=N–C) groups is 1. The van der Waals surface area contributed by atoms with Gasteiger partial charge in [-0.25, -0.2) is 9.79 Å². The lowest BCUT2D eigenvalue weighted by Crippen LogP contribution is -2.07. The number of cyclic esters (lactones) is 1. The van der Waals surface area contributed by atoms with E-state index in [0.717, 1.165) is 0 Å². The van der Waals surface area contributed by atoms with Crippen molar-refractivity contribution in [1.29, 1.82) is 0 Å². The maximum atomic E-state index is 12.3.